The predicted octanol–water partition coefficient (Wildman–Crippen LogP) is 2.77. The molecule has 2 aliphatic rings. The van der Waals surface area contributed by atoms with Gasteiger partial charge < -0.3 is 14.6 Å². The van der Waals surface area contributed by atoms with Crippen LogP contribution in [0.3, 0.4) is 0 Å². The van der Waals surface area contributed by atoms with Gasteiger partial charge in [0.2, 0.25) is 5.43 Å². The van der Waals surface area contributed by atoms with E-state index >= 15 is 0 Å². The molecule has 1 aromatic heterocycles. The smallest absolute Gasteiger partial charge is 0.341 e. The van der Waals surface area contributed by atoms with Crippen LogP contribution in [-0.2, 0) is 0 Å². The van der Waals surface area contributed by atoms with Gasteiger partial charge in [0.25, 0.3) is 0 Å². The number of halogens is 1. The first kappa shape index (κ1) is 14.2. The Labute approximate surface area is 131 Å². The summed E-state index contributed by atoms with van der Waals surface area (Å²) in [6.07, 6.45) is 5.38. The minimum absolute atomic E-state index is 0.150. The molecular weight excluding hydrogens is 299 g/mol. The van der Waals surface area contributed by atoms with Gasteiger partial charge in [-0.25, -0.2) is 9.18 Å². The lowest BCUT2D eigenvalue weighted by Gasteiger charge is -2.20. The normalized spacial score (nSPS) is 17.9. The highest BCUT2D eigenvalue weighted by molar-refractivity contribution is 5.93. The maximum atomic E-state index is 14.5. The average molecular weight is 316 g/mol. The molecule has 2 fully saturated rings. The first-order valence-electron chi connectivity index (χ1n) is 7.93. The summed E-state index contributed by atoms with van der Waals surface area (Å²) in [7, 11) is 0. The molecule has 1 N–H and O–H groups in total. The molecule has 5 nitrogen and oxygen atoms in total. The van der Waals surface area contributed by atoms with Crippen LogP contribution in [0.25, 0.3) is 10.9 Å². The Bertz CT molecular complexity index is 864. The Morgan fingerprint density at radius 1 is 1.22 bits per heavy atom. The first-order chi connectivity index (χ1) is 11.1. The van der Waals surface area contributed by atoms with Crippen molar-refractivity contribution in [2.45, 2.75) is 31.7 Å². The predicted molar refractivity (Wildman–Crippen MR) is 84.8 cm³/mol. The van der Waals surface area contributed by atoms with Gasteiger partial charge in [0, 0.05) is 30.7 Å². The number of carboxylic acid groups (broad SMARTS) is 1. The fourth-order valence-corrected chi connectivity index (χ4v) is 3.37. The van der Waals surface area contributed by atoms with Crippen LogP contribution < -0.4 is 10.3 Å². The maximum absolute atomic E-state index is 14.5. The fourth-order valence-electron chi connectivity index (χ4n) is 3.37. The van der Waals surface area contributed by atoms with Gasteiger partial charge in [-0.3, -0.25) is 4.79 Å². The third-order valence-electron chi connectivity index (χ3n) is 4.72. The van der Waals surface area contributed by atoms with Gasteiger partial charge in [0.05, 0.1) is 11.2 Å². The Balaban J connectivity index is 2.00. The second-order valence-corrected chi connectivity index (χ2v) is 6.33. The van der Waals surface area contributed by atoms with Gasteiger partial charge in [0.15, 0.2) is 0 Å². The number of nitrogens with zero attached hydrogens (tertiary/aromatic N) is 2. The van der Waals surface area contributed by atoms with Crippen molar-refractivity contribution in [2.24, 2.45) is 0 Å². The van der Waals surface area contributed by atoms with Gasteiger partial charge in [-0.1, -0.05) is 0 Å². The molecule has 120 valence electrons. The van der Waals surface area contributed by atoms with Crippen molar-refractivity contribution in [3.63, 3.8) is 0 Å². The summed E-state index contributed by atoms with van der Waals surface area (Å²) >= 11 is 0. The standard InChI is InChI=1S/C17H17FN2O3/c18-13-7-11-14(8-15(13)19-5-1-2-6-19)20(10-3-4-10)9-12(16(11)21)17(22)23/h7-10H,1-6H2,(H,22,23). The number of fused-ring (bicyclic) bond motifs is 1. The number of benzene rings is 1. The van der Waals surface area contributed by atoms with Crippen LogP contribution in [0.15, 0.2) is 23.1 Å². The summed E-state index contributed by atoms with van der Waals surface area (Å²) in [6.45, 7) is 1.62. The third-order valence-corrected chi connectivity index (χ3v) is 4.72. The summed E-state index contributed by atoms with van der Waals surface area (Å²) in [4.78, 5) is 25.7. The maximum Gasteiger partial charge on any atom is 0.341 e. The van der Waals surface area contributed by atoms with Crippen molar-refractivity contribution in [1.82, 2.24) is 4.57 Å². The molecule has 1 aliphatic carbocycles. The molecule has 2 heterocycles. The van der Waals surface area contributed by atoms with Crippen molar-refractivity contribution in [3.8, 4) is 0 Å². The second kappa shape index (κ2) is 5.08. The number of aromatic nitrogens is 1. The van der Waals surface area contributed by atoms with Gasteiger partial charge in [-0.2, -0.15) is 0 Å². The second-order valence-electron chi connectivity index (χ2n) is 6.33. The topological polar surface area (TPSA) is 62.5 Å². The minimum Gasteiger partial charge on any atom is -0.477 e. The van der Waals surface area contributed by atoms with E-state index in [-0.39, 0.29) is 17.0 Å². The number of carboxylic acids is 1. The zero-order valence-corrected chi connectivity index (χ0v) is 12.6. The molecule has 0 atom stereocenters. The zero-order valence-electron chi connectivity index (χ0n) is 12.6. The minimum atomic E-state index is -1.27. The van der Waals surface area contributed by atoms with E-state index in [1.807, 2.05) is 9.47 Å². The van der Waals surface area contributed by atoms with Gasteiger partial charge in [0.1, 0.15) is 11.4 Å². The quantitative estimate of drug-likeness (QED) is 0.946. The first-order valence-corrected chi connectivity index (χ1v) is 7.93. The summed E-state index contributed by atoms with van der Waals surface area (Å²) in [5, 5.41) is 9.38. The van der Waals surface area contributed by atoms with E-state index in [0.29, 0.717) is 11.2 Å². The summed E-state index contributed by atoms with van der Waals surface area (Å²) in [5.41, 5.74) is 0.228. The molecule has 0 spiro atoms. The Hall–Kier alpha value is -2.37. The van der Waals surface area contributed by atoms with E-state index in [1.165, 1.54) is 12.3 Å². The molecule has 0 unspecified atom stereocenters. The van der Waals surface area contributed by atoms with E-state index in [0.717, 1.165) is 38.8 Å². The fraction of sp³-hybridized carbons (Fsp3) is 0.412. The number of rotatable bonds is 3. The lowest BCUT2D eigenvalue weighted by molar-refractivity contribution is 0.0695. The molecule has 23 heavy (non-hydrogen) atoms. The van der Waals surface area contributed by atoms with Crippen LogP contribution in [0.4, 0.5) is 10.1 Å². The molecule has 4 rings (SSSR count). The highest BCUT2D eigenvalue weighted by Gasteiger charge is 2.28. The van der Waals surface area contributed by atoms with Gasteiger partial charge >= 0.3 is 5.97 Å². The number of pyridine rings is 1. The lowest BCUT2D eigenvalue weighted by Crippen LogP contribution is -2.22. The summed E-state index contributed by atoms with van der Waals surface area (Å²) in [5.74, 6) is -1.73. The molecule has 1 saturated carbocycles. The van der Waals surface area contributed by atoms with E-state index in [2.05, 4.69) is 0 Å². The number of hydrogen-bond acceptors (Lipinski definition) is 3. The van der Waals surface area contributed by atoms with Crippen molar-refractivity contribution in [2.75, 3.05) is 18.0 Å². The number of hydrogen-bond donors (Lipinski definition) is 1. The van der Waals surface area contributed by atoms with Crippen molar-refractivity contribution in [1.29, 1.82) is 0 Å². The Morgan fingerprint density at radius 3 is 2.52 bits per heavy atom. The largest absolute Gasteiger partial charge is 0.477 e. The molecule has 2 aromatic rings. The van der Waals surface area contributed by atoms with Crippen molar-refractivity contribution >= 4 is 22.6 Å². The van der Waals surface area contributed by atoms with Gasteiger partial charge in [-0.15, -0.1) is 0 Å². The molecule has 1 saturated heterocycles. The molecule has 1 aromatic carbocycles. The molecule has 0 amide bonds. The van der Waals surface area contributed by atoms with Crippen LogP contribution in [-0.4, -0.2) is 28.7 Å². The Kier molecular flexibility index (Phi) is 3.14. The average Bonchev–Trinajstić information content (AvgIpc) is 3.21. The summed E-state index contributed by atoms with van der Waals surface area (Å²) in [6, 6.07) is 3.12. The molecule has 6 heteroatoms. The zero-order chi connectivity index (χ0) is 16.1. The Morgan fingerprint density at radius 2 is 1.91 bits per heavy atom. The monoisotopic (exact) mass is 316 g/mol. The number of anilines is 1. The van der Waals surface area contributed by atoms with Crippen molar-refractivity contribution in [3.05, 3.63) is 39.9 Å². The van der Waals surface area contributed by atoms with Crippen LogP contribution in [0.1, 0.15) is 42.1 Å². The number of aromatic carboxylic acids is 1. The van der Waals surface area contributed by atoms with E-state index in [9.17, 15) is 19.1 Å². The highest BCUT2D eigenvalue weighted by atomic mass is 19.1. The van der Waals surface area contributed by atoms with Crippen LogP contribution in [0.2, 0.25) is 0 Å². The third kappa shape index (κ3) is 2.29. The van der Waals surface area contributed by atoms with Crippen LogP contribution in [0, 0.1) is 5.82 Å². The molecule has 0 radical (unpaired) electrons. The SMILES string of the molecule is O=C(O)c1cn(C2CC2)c2cc(N3CCCC3)c(F)cc2c1=O. The van der Waals surface area contributed by atoms with E-state index in [4.69, 9.17) is 0 Å². The molecule has 0 bridgehead atoms. The van der Waals surface area contributed by atoms with Crippen LogP contribution in [0.5, 0.6) is 0 Å². The van der Waals surface area contributed by atoms with Gasteiger partial charge in [-0.05, 0) is 37.8 Å². The molecule has 1 aliphatic heterocycles. The van der Waals surface area contributed by atoms with Crippen LogP contribution >= 0.6 is 0 Å². The van der Waals surface area contributed by atoms with E-state index < -0.39 is 17.2 Å². The summed E-state index contributed by atoms with van der Waals surface area (Å²) < 4.78 is 16.3. The molecular formula is C17H17FN2O3. The number of carbonyl (C=O) groups is 1. The highest BCUT2D eigenvalue weighted by Crippen LogP contribution is 2.38. The van der Waals surface area contributed by atoms with Crippen molar-refractivity contribution < 1.29 is 14.3 Å². The van der Waals surface area contributed by atoms with E-state index in [1.54, 1.807) is 6.07 Å². The lowest BCUT2D eigenvalue weighted by atomic mass is 10.1.